The van der Waals surface area contributed by atoms with Gasteiger partial charge in [-0.05, 0) is 42.7 Å². The number of piperidine rings is 1. The van der Waals surface area contributed by atoms with Gasteiger partial charge in [-0.15, -0.1) is 0 Å². The molecular formula is C24H25ClN2O4. The minimum absolute atomic E-state index is 0.0291. The van der Waals surface area contributed by atoms with Crippen LogP contribution in [-0.2, 0) is 11.2 Å². The summed E-state index contributed by atoms with van der Waals surface area (Å²) in [7, 11) is 1.58. The van der Waals surface area contributed by atoms with Gasteiger partial charge in [0.1, 0.15) is 5.76 Å². The summed E-state index contributed by atoms with van der Waals surface area (Å²) in [5, 5.41) is 0.703. The van der Waals surface area contributed by atoms with Crippen LogP contribution >= 0.6 is 11.6 Å². The maximum Gasteiger partial charge on any atom is 0.260 e. The lowest BCUT2D eigenvalue weighted by Gasteiger charge is -2.31. The van der Waals surface area contributed by atoms with Crippen LogP contribution in [0.1, 0.15) is 36.0 Å². The van der Waals surface area contributed by atoms with Crippen molar-refractivity contribution in [3.05, 3.63) is 77.0 Å². The van der Waals surface area contributed by atoms with Gasteiger partial charge in [-0.1, -0.05) is 35.9 Å². The van der Waals surface area contributed by atoms with Crippen molar-refractivity contribution in [2.45, 2.75) is 25.2 Å². The molecule has 1 fully saturated rings. The van der Waals surface area contributed by atoms with Crippen molar-refractivity contribution >= 4 is 17.5 Å². The largest absolute Gasteiger partial charge is 0.493 e. The number of hydrogen-bond donors (Lipinski definition) is 0. The molecule has 6 nitrogen and oxygen atoms in total. The summed E-state index contributed by atoms with van der Waals surface area (Å²) in [6.07, 6.45) is 4.24. The van der Waals surface area contributed by atoms with E-state index in [1.807, 2.05) is 41.3 Å². The zero-order chi connectivity index (χ0) is 21.6. The van der Waals surface area contributed by atoms with E-state index in [4.69, 9.17) is 25.5 Å². The molecule has 162 valence electrons. The molecule has 2 heterocycles. The van der Waals surface area contributed by atoms with E-state index in [9.17, 15) is 4.79 Å². The molecule has 0 saturated carbocycles. The molecule has 0 radical (unpaired) electrons. The van der Waals surface area contributed by atoms with E-state index in [0.717, 1.165) is 24.2 Å². The van der Waals surface area contributed by atoms with Crippen molar-refractivity contribution < 1.29 is 18.7 Å². The van der Waals surface area contributed by atoms with E-state index in [1.165, 1.54) is 0 Å². The van der Waals surface area contributed by atoms with Crippen LogP contribution in [0, 0.1) is 0 Å². The van der Waals surface area contributed by atoms with Crippen LogP contribution in [0.2, 0.25) is 5.02 Å². The number of aromatic nitrogens is 1. The second-order valence-corrected chi connectivity index (χ2v) is 8.03. The number of methoxy groups -OCH3 is 1. The maximum atomic E-state index is 12.7. The van der Waals surface area contributed by atoms with Crippen LogP contribution in [-0.4, -0.2) is 42.6 Å². The number of carbonyl (C=O) groups is 1. The van der Waals surface area contributed by atoms with E-state index in [-0.39, 0.29) is 18.4 Å². The quantitative estimate of drug-likeness (QED) is 0.532. The molecule has 1 aromatic heterocycles. The highest BCUT2D eigenvalue weighted by Gasteiger charge is 2.28. The highest BCUT2D eigenvalue weighted by atomic mass is 35.5. The van der Waals surface area contributed by atoms with Crippen LogP contribution in [0.25, 0.3) is 0 Å². The Kier molecular flexibility index (Phi) is 6.77. The van der Waals surface area contributed by atoms with Crippen molar-refractivity contribution in [3.8, 4) is 11.5 Å². The van der Waals surface area contributed by atoms with Crippen LogP contribution in [0.5, 0.6) is 11.5 Å². The lowest BCUT2D eigenvalue weighted by molar-refractivity contribution is -0.134. The molecule has 1 unspecified atom stereocenters. The highest BCUT2D eigenvalue weighted by molar-refractivity contribution is 6.30. The van der Waals surface area contributed by atoms with Gasteiger partial charge in [-0.2, -0.15) is 0 Å². The van der Waals surface area contributed by atoms with Gasteiger partial charge in [0, 0.05) is 24.5 Å². The molecule has 3 aromatic rings. The first-order valence-corrected chi connectivity index (χ1v) is 10.7. The second-order valence-electron chi connectivity index (χ2n) is 7.59. The Hall–Kier alpha value is -2.99. The number of likely N-dealkylation sites (tertiary alicyclic amines) is 1. The molecule has 1 aliphatic rings. The third-order valence-electron chi connectivity index (χ3n) is 5.38. The number of carbonyl (C=O) groups excluding carboxylic acids is 1. The predicted octanol–water partition coefficient (Wildman–Crippen LogP) is 4.71. The van der Waals surface area contributed by atoms with Crippen LogP contribution < -0.4 is 9.47 Å². The molecule has 0 spiro atoms. The summed E-state index contributed by atoms with van der Waals surface area (Å²) in [5.74, 6) is 2.67. The molecular weight excluding hydrogens is 416 g/mol. The zero-order valence-corrected chi connectivity index (χ0v) is 18.2. The summed E-state index contributed by atoms with van der Waals surface area (Å²) < 4.78 is 17.0. The first kappa shape index (κ1) is 21.2. The molecule has 1 aliphatic heterocycles. The molecule has 1 amide bonds. The lowest BCUT2D eigenvalue weighted by Crippen LogP contribution is -2.41. The van der Waals surface area contributed by atoms with E-state index in [1.54, 1.807) is 25.4 Å². The van der Waals surface area contributed by atoms with Crippen LogP contribution in [0.3, 0.4) is 0 Å². The molecule has 7 heteroatoms. The highest BCUT2D eigenvalue weighted by Crippen LogP contribution is 2.29. The Bertz CT molecular complexity index is 1040. The molecule has 31 heavy (non-hydrogen) atoms. The first-order valence-electron chi connectivity index (χ1n) is 10.3. The SMILES string of the molecule is COc1ccccc1OCC(=O)N1CCCC(c2ncc(Cc3cccc(Cl)c3)o2)C1. The fourth-order valence-electron chi connectivity index (χ4n) is 3.82. The van der Waals surface area contributed by atoms with Crippen molar-refractivity contribution in [2.75, 3.05) is 26.8 Å². The fourth-order valence-corrected chi connectivity index (χ4v) is 4.03. The normalized spacial score (nSPS) is 16.2. The molecule has 2 aromatic carbocycles. The second kappa shape index (κ2) is 9.88. The average Bonchev–Trinajstić information content (AvgIpc) is 3.26. The predicted molar refractivity (Wildman–Crippen MR) is 118 cm³/mol. The smallest absolute Gasteiger partial charge is 0.260 e. The number of nitrogens with zero attached hydrogens (tertiary/aromatic N) is 2. The standard InChI is InChI=1S/C24H25ClN2O4/c1-29-21-9-2-3-10-22(21)30-16-23(28)27-11-5-7-18(15-27)24-26-14-20(31-24)13-17-6-4-8-19(25)12-17/h2-4,6,8-10,12,14,18H,5,7,11,13,15-16H2,1H3. The number of ether oxygens (including phenoxy) is 2. The Morgan fingerprint density at radius 2 is 2.06 bits per heavy atom. The average molecular weight is 441 g/mol. The van der Waals surface area contributed by atoms with Crippen molar-refractivity contribution in [1.29, 1.82) is 0 Å². The number of amides is 1. The van der Waals surface area contributed by atoms with Gasteiger partial charge in [0.15, 0.2) is 24.0 Å². The monoisotopic (exact) mass is 440 g/mol. The Labute approximate surface area is 186 Å². The summed E-state index contributed by atoms with van der Waals surface area (Å²) in [4.78, 5) is 19.0. The molecule has 1 atom stereocenters. The maximum absolute atomic E-state index is 12.7. The minimum Gasteiger partial charge on any atom is -0.493 e. The number of hydrogen-bond acceptors (Lipinski definition) is 5. The number of halogens is 1. The number of para-hydroxylation sites is 2. The van der Waals surface area contributed by atoms with Crippen LogP contribution in [0.4, 0.5) is 0 Å². The Morgan fingerprint density at radius 3 is 2.87 bits per heavy atom. The van der Waals surface area contributed by atoms with Gasteiger partial charge in [0.2, 0.25) is 0 Å². The van der Waals surface area contributed by atoms with Crippen molar-refractivity contribution in [1.82, 2.24) is 9.88 Å². The molecule has 0 aliphatic carbocycles. The summed E-state index contributed by atoms with van der Waals surface area (Å²) >= 11 is 6.06. The summed E-state index contributed by atoms with van der Waals surface area (Å²) in [6, 6.07) is 15.0. The van der Waals surface area contributed by atoms with E-state index in [0.29, 0.717) is 41.9 Å². The van der Waals surface area contributed by atoms with Gasteiger partial charge < -0.3 is 18.8 Å². The first-order chi connectivity index (χ1) is 15.1. The van der Waals surface area contributed by atoms with Crippen LogP contribution in [0.15, 0.2) is 59.1 Å². The minimum atomic E-state index is -0.0543. The van der Waals surface area contributed by atoms with Crippen molar-refractivity contribution in [3.63, 3.8) is 0 Å². The van der Waals surface area contributed by atoms with E-state index < -0.39 is 0 Å². The van der Waals surface area contributed by atoms with Gasteiger partial charge in [-0.3, -0.25) is 4.79 Å². The Balaban J connectivity index is 1.35. The number of oxazole rings is 1. The Morgan fingerprint density at radius 1 is 1.23 bits per heavy atom. The molecule has 1 saturated heterocycles. The topological polar surface area (TPSA) is 64.8 Å². The summed E-state index contributed by atoms with van der Waals surface area (Å²) in [6.45, 7) is 1.25. The van der Waals surface area contributed by atoms with Crippen molar-refractivity contribution in [2.24, 2.45) is 0 Å². The molecule has 4 rings (SSSR count). The zero-order valence-electron chi connectivity index (χ0n) is 17.4. The van der Waals surface area contributed by atoms with Gasteiger partial charge in [0.25, 0.3) is 5.91 Å². The summed E-state index contributed by atoms with van der Waals surface area (Å²) in [5.41, 5.74) is 1.07. The van der Waals surface area contributed by atoms with E-state index in [2.05, 4.69) is 4.98 Å². The molecule has 0 bridgehead atoms. The number of benzene rings is 2. The van der Waals surface area contributed by atoms with Gasteiger partial charge >= 0.3 is 0 Å². The third-order valence-corrected chi connectivity index (χ3v) is 5.62. The van der Waals surface area contributed by atoms with Gasteiger partial charge in [-0.25, -0.2) is 4.98 Å². The number of rotatable bonds is 7. The fraction of sp³-hybridized carbons (Fsp3) is 0.333. The molecule has 0 N–H and O–H groups in total. The third kappa shape index (κ3) is 5.39. The van der Waals surface area contributed by atoms with E-state index >= 15 is 0 Å². The van der Waals surface area contributed by atoms with Gasteiger partial charge in [0.05, 0.1) is 19.2 Å². The lowest BCUT2D eigenvalue weighted by atomic mass is 9.98.